The van der Waals surface area contributed by atoms with Crippen molar-refractivity contribution in [3.8, 4) is 23.4 Å². The zero-order valence-corrected chi connectivity index (χ0v) is 19.6. The summed E-state index contributed by atoms with van der Waals surface area (Å²) >= 11 is 2.62. The topological polar surface area (TPSA) is 122 Å². The van der Waals surface area contributed by atoms with Gasteiger partial charge in [-0.15, -0.1) is 11.3 Å². The Morgan fingerprint density at radius 3 is 2.64 bits per heavy atom. The molecule has 3 aromatic rings. The van der Waals surface area contributed by atoms with Crippen LogP contribution in [0.25, 0.3) is 11.3 Å². The van der Waals surface area contributed by atoms with Crippen LogP contribution in [0, 0.1) is 22.7 Å². The molecule has 1 amide bonds. The number of aromatic nitrogens is 2. The van der Waals surface area contributed by atoms with Crippen LogP contribution in [0.2, 0.25) is 0 Å². The summed E-state index contributed by atoms with van der Waals surface area (Å²) in [4.78, 5) is 33.9. The average molecular weight is 476 g/mol. The minimum atomic E-state index is -0.540. The summed E-state index contributed by atoms with van der Waals surface area (Å²) in [6.07, 6.45) is 4.46. The molecule has 4 rings (SSSR count). The normalized spacial score (nSPS) is 13.4. The highest BCUT2D eigenvalue weighted by Gasteiger charge is 2.26. The van der Waals surface area contributed by atoms with Crippen molar-refractivity contribution in [2.45, 2.75) is 49.4 Å². The summed E-state index contributed by atoms with van der Waals surface area (Å²) in [7, 11) is 0. The number of benzene rings is 1. The fourth-order valence-electron chi connectivity index (χ4n) is 3.84. The van der Waals surface area contributed by atoms with Crippen molar-refractivity contribution in [2.75, 3.05) is 5.32 Å². The number of nitrogens with zero attached hydrogens (tertiary/aromatic N) is 3. The molecule has 0 spiro atoms. The number of carbonyl (C=O) groups is 1. The lowest BCUT2D eigenvalue weighted by molar-refractivity contribution is -0.115. The molecule has 7 nitrogen and oxygen atoms in total. The molecule has 0 fully saturated rings. The predicted octanol–water partition coefficient (Wildman–Crippen LogP) is 4.63. The number of nitrogens with one attached hydrogen (secondary N) is 2. The van der Waals surface area contributed by atoms with Crippen LogP contribution < -0.4 is 10.9 Å². The van der Waals surface area contributed by atoms with Crippen LogP contribution in [0.4, 0.5) is 5.00 Å². The molecular weight excluding hydrogens is 454 g/mol. The minimum absolute atomic E-state index is 0.0640. The van der Waals surface area contributed by atoms with Crippen molar-refractivity contribution in [2.24, 2.45) is 0 Å². The summed E-state index contributed by atoms with van der Waals surface area (Å²) in [5, 5.41) is 22.4. The fraction of sp³-hybridized carbons (Fsp3) is 0.292. The van der Waals surface area contributed by atoms with E-state index in [0.717, 1.165) is 43.0 Å². The zero-order chi connectivity index (χ0) is 23.4. The monoisotopic (exact) mass is 475 g/mol. The second kappa shape index (κ2) is 10.0. The Bertz CT molecular complexity index is 1330. The van der Waals surface area contributed by atoms with Crippen LogP contribution in [0.1, 0.15) is 47.8 Å². The van der Waals surface area contributed by atoms with Crippen LogP contribution in [-0.2, 0) is 17.6 Å². The number of hydrogen-bond acceptors (Lipinski definition) is 7. The van der Waals surface area contributed by atoms with Gasteiger partial charge in [0.1, 0.15) is 22.7 Å². The lowest BCUT2D eigenvalue weighted by Crippen LogP contribution is -2.25. The Morgan fingerprint density at radius 2 is 1.94 bits per heavy atom. The van der Waals surface area contributed by atoms with Gasteiger partial charge >= 0.3 is 0 Å². The Labute approximate surface area is 199 Å². The van der Waals surface area contributed by atoms with E-state index in [4.69, 9.17) is 0 Å². The van der Waals surface area contributed by atoms with Crippen molar-refractivity contribution in [1.82, 2.24) is 9.97 Å². The molecule has 166 valence electrons. The van der Waals surface area contributed by atoms with Gasteiger partial charge in [0.15, 0.2) is 5.16 Å². The summed E-state index contributed by atoms with van der Waals surface area (Å²) in [6, 6.07) is 13.2. The largest absolute Gasteiger partial charge is 0.316 e. The Kier molecular flexibility index (Phi) is 6.93. The molecule has 1 aliphatic carbocycles. The third kappa shape index (κ3) is 4.70. The summed E-state index contributed by atoms with van der Waals surface area (Å²) in [5.41, 5.74) is 1.97. The first-order chi connectivity index (χ1) is 16.0. The summed E-state index contributed by atoms with van der Waals surface area (Å²) in [5.74, 6) is -0.245. The molecular formula is C24H21N5O2S2. The number of rotatable bonds is 6. The molecule has 9 heteroatoms. The zero-order valence-electron chi connectivity index (χ0n) is 18.0. The number of thiophene rings is 1. The van der Waals surface area contributed by atoms with Crippen molar-refractivity contribution < 1.29 is 4.79 Å². The fourth-order valence-corrected chi connectivity index (χ4v) is 5.98. The molecule has 0 unspecified atom stereocenters. The van der Waals surface area contributed by atoms with Gasteiger partial charge in [0.25, 0.3) is 5.56 Å². The van der Waals surface area contributed by atoms with Gasteiger partial charge in [-0.3, -0.25) is 9.59 Å². The maximum Gasteiger partial charge on any atom is 0.270 e. The molecule has 0 saturated heterocycles. The quantitative estimate of drug-likeness (QED) is 0.396. The highest BCUT2D eigenvalue weighted by molar-refractivity contribution is 8.00. The molecule has 0 saturated carbocycles. The van der Waals surface area contributed by atoms with E-state index >= 15 is 0 Å². The molecule has 1 aliphatic rings. The summed E-state index contributed by atoms with van der Waals surface area (Å²) < 4.78 is 0. The first kappa shape index (κ1) is 22.8. The average Bonchev–Trinajstić information content (AvgIpc) is 3.19. The number of anilines is 1. The van der Waals surface area contributed by atoms with Crippen LogP contribution in [0.5, 0.6) is 0 Å². The first-order valence-electron chi connectivity index (χ1n) is 10.7. The number of nitriles is 2. The Morgan fingerprint density at radius 1 is 1.21 bits per heavy atom. The lowest BCUT2D eigenvalue weighted by Gasteiger charge is -2.14. The molecule has 2 aromatic heterocycles. The van der Waals surface area contributed by atoms with Crippen molar-refractivity contribution in [3.63, 3.8) is 0 Å². The van der Waals surface area contributed by atoms with E-state index in [2.05, 4.69) is 21.4 Å². The van der Waals surface area contributed by atoms with E-state index in [-0.39, 0.29) is 22.3 Å². The molecule has 0 radical (unpaired) electrons. The van der Waals surface area contributed by atoms with Crippen molar-refractivity contribution in [1.29, 1.82) is 10.5 Å². The van der Waals surface area contributed by atoms with Gasteiger partial charge in [-0.25, -0.2) is 4.98 Å². The SMILES string of the molecule is CC[C@H](Sc1nc(-c2ccccc2)c(C#N)c(=O)[nH]1)C(=O)Nc1sc2c(c1C#N)CCCC2. The molecule has 2 heterocycles. The molecule has 2 N–H and O–H groups in total. The van der Waals surface area contributed by atoms with E-state index in [1.165, 1.54) is 16.2 Å². The van der Waals surface area contributed by atoms with Gasteiger partial charge in [-0.05, 0) is 37.7 Å². The van der Waals surface area contributed by atoms with Gasteiger partial charge < -0.3 is 10.3 Å². The van der Waals surface area contributed by atoms with E-state index in [1.54, 1.807) is 12.1 Å². The van der Waals surface area contributed by atoms with Crippen LogP contribution in [0.3, 0.4) is 0 Å². The number of amides is 1. The number of fused-ring (bicyclic) bond motifs is 1. The number of aryl methyl sites for hydroxylation is 1. The number of hydrogen-bond donors (Lipinski definition) is 2. The number of aromatic amines is 1. The molecule has 1 aromatic carbocycles. The molecule has 33 heavy (non-hydrogen) atoms. The highest BCUT2D eigenvalue weighted by atomic mass is 32.2. The van der Waals surface area contributed by atoms with E-state index in [1.807, 2.05) is 31.2 Å². The number of H-pyrrole nitrogens is 1. The first-order valence-corrected chi connectivity index (χ1v) is 12.4. The van der Waals surface area contributed by atoms with Crippen LogP contribution >= 0.6 is 23.1 Å². The van der Waals surface area contributed by atoms with Gasteiger partial charge in [0.05, 0.1) is 16.5 Å². The van der Waals surface area contributed by atoms with E-state index in [0.29, 0.717) is 22.5 Å². The lowest BCUT2D eigenvalue weighted by atomic mass is 9.96. The van der Waals surface area contributed by atoms with E-state index in [9.17, 15) is 20.1 Å². The molecule has 0 aliphatic heterocycles. The number of carbonyl (C=O) groups excluding carboxylic acids is 1. The van der Waals surface area contributed by atoms with Crippen molar-refractivity contribution >= 4 is 34.0 Å². The molecule has 0 bridgehead atoms. The van der Waals surface area contributed by atoms with Crippen LogP contribution in [0.15, 0.2) is 40.3 Å². The second-order valence-electron chi connectivity index (χ2n) is 7.60. The van der Waals surface area contributed by atoms with Gasteiger partial charge in [0.2, 0.25) is 5.91 Å². The third-order valence-electron chi connectivity index (χ3n) is 5.49. The minimum Gasteiger partial charge on any atom is -0.316 e. The van der Waals surface area contributed by atoms with Gasteiger partial charge in [-0.2, -0.15) is 10.5 Å². The van der Waals surface area contributed by atoms with Gasteiger partial charge in [-0.1, -0.05) is 49.0 Å². The standard InChI is InChI=1S/C24H21N5O2S2/c1-2-18(22(31)28-23-16(12-25)15-10-6-7-11-19(15)32-23)33-24-27-20(14-8-4-3-5-9-14)17(13-26)21(30)29-24/h3-5,8-9,18H,2,6-7,10-11H2,1H3,(H,28,31)(H,27,29,30)/t18-/m0/s1. The van der Waals surface area contributed by atoms with Crippen LogP contribution in [-0.4, -0.2) is 21.1 Å². The van der Waals surface area contributed by atoms with Gasteiger partial charge in [0, 0.05) is 10.4 Å². The Hall–Kier alpha value is -3.40. The Balaban J connectivity index is 1.60. The maximum atomic E-state index is 13.1. The van der Waals surface area contributed by atoms with Crippen molar-refractivity contribution in [3.05, 3.63) is 62.3 Å². The predicted molar refractivity (Wildman–Crippen MR) is 129 cm³/mol. The summed E-state index contributed by atoms with van der Waals surface area (Å²) in [6.45, 7) is 1.88. The second-order valence-corrected chi connectivity index (χ2v) is 9.90. The molecule has 1 atom stereocenters. The number of thioether (sulfide) groups is 1. The highest BCUT2D eigenvalue weighted by Crippen LogP contribution is 2.38. The smallest absolute Gasteiger partial charge is 0.270 e. The van der Waals surface area contributed by atoms with E-state index < -0.39 is 10.8 Å². The third-order valence-corrected chi connectivity index (χ3v) is 7.95. The maximum absolute atomic E-state index is 13.1.